The van der Waals surface area contributed by atoms with Gasteiger partial charge in [0, 0.05) is 24.2 Å². The molecule has 0 atom stereocenters. The number of hydrogen-bond donors (Lipinski definition) is 2. The average molecular weight is 315 g/mol. The van der Waals surface area contributed by atoms with E-state index in [1.54, 1.807) is 26.1 Å². The number of benzene rings is 1. The maximum absolute atomic E-state index is 12.2. The number of aromatic nitrogens is 2. The lowest BCUT2D eigenvalue weighted by atomic mass is 10.2. The van der Waals surface area contributed by atoms with E-state index >= 15 is 0 Å². The van der Waals surface area contributed by atoms with Crippen molar-refractivity contribution in [1.29, 1.82) is 0 Å². The van der Waals surface area contributed by atoms with Crippen LogP contribution in [0.15, 0.2) is 29.3 Å². The van der Waals surface area contributed by atoms with Gasteiger partial charge < -0.3 is 5.73 Å². The third-order valence-corrected chi connectivity index (χ3v) is 4.74. The molecule has 3 N–H and O–H groups in total. The van der Waals surface area contributed by atoms with Gasteiger partial charge in [0.05, 0.1) is 11.1 Å². The molecule has 6 nitrogen and oxygen atoms in total. The quantitative estimate of drug-likeness (QED) is 0.893. The van der Waals surface area contributed by atoms with E-state index in [1.807, 2.05) is 0 Å². The first kappa shape index (κ1) is 14.8. The van der Waals surface area contributed by atoms with Crippen LogP contribution in [0.25, 0.3) is 0 Å². The maximum atomic E-state index is 12.2. The van der Waals surface area contributed by atoms with Gasteiger partial charge in [-0.05, 0) is 30.7 Å². The summed E-state index contributed by atoms with van der Waals surface area (Å²) in [7, 11) is -1.92. The summed E-state index contributed by atoms with van der Waals surface area (Å²) in [6.45, 7) is 1.78. The van der Waals surface area contributed by atoms with Crippen molar-refractivity contribution in [2.24, 2.45) is 7.05 Å². The topological polar surface area (TPSA) is 90.0 Å². The van der Waals surface area contributed by atoms with Crippen LogP contribution in [-0.4, -0.2) is 18.2 Å². The number of aryl methyl sites for hydroxylation is 2. The third kappa shape index (κ3) is 2.95. The van der Waals surface area contributed by atoms with Crippen molar-refractivity contribution >= 4 is 27.4 Å². The molecule has 0 spiro atoms. The molecule has 1 heterocycles. The average Bonchev–Trinajstić information content (AvgIpc) is 2.67. The number of halogens is 1. The summed E-state index contributed by atoms with van der Waals surface area (Å²) in [5.74, 6) is 0.431. The van der Waals surface area contributed by atoms with E-state index in [0.717, 1.165) is 0 Å². The second kappa shape index (κ2) is 5.43. The first-order valence-corrected chi connectivity index (χ1v) is 7.69. The number of sulfonamides is 1. The van der Waals surface area contributed by atoms with Gasteiger partial charge in [-0.25, -0.2) is 13.1 Å². The number of nitrogens with two attached hydrogens (primary N) is 1. The summed E-state index contributed by atoms with van der Waals surface area (Å²) in [6.07, 6.45) is 1.53. The largest absolute Gasteiger partial charge is 0.384 e. The summed E-state index contributed by atoms with van der Waals surface area (Å²) in [5, 5.41) is 4.46. The Labute approximate surface area is 122 Å². The highest BCUT2D eigenvalue weighted by Crippen LogP contribution is 2.20. The lowest BCUT2D eigenvalue weighted by molar-refractivity contribution is 0.581. The number of rotatable bonds is 4. The standard InChI is InChI=1S/C12H15ClN4O2S/c1-8-5-10(13)3-4-11(8)20(18,19)16-7-9-6-15-17(2)12(9)14/h3-6,16H,7,14H2,1-2H3. The van der Waals surface area contributed by atoms with Crippen molar-refractivity contribution in [3.63, 3.8) is 0 Å². The number of nitrogens with one attached hydrogen (secondary N) is 1. The molecule has 0 saturated carbocycles. The minimum Gasteiger partial charge on any atom is -0.384 e. The Bertz CT molecular complexity index is 740. The van der Waals surface area contributed by atoms with Crippen LogP contribution in [0.3, 0.4) is 0 Å². The molecule has 0 aliphatic rings. The molecule has 0 aliphatic carbocycles. The van der Waals surface area contributed by atoms with Crippen molar-refractivity contribution in [1.82, 2.24) is 14.5 Å². The van der Waals surface area contributed by atoms with E-state index in [2.05, 4.69) is 9.82 Å². The third-order valence-electron chi connectivity index (χ3n) is 2.94. The van der Waals surface area contributed by atoms with Crippen molar-refractivity contribution in [3.8, 4) is 0 Å². The fourth-order valence-electron chi connectivity index (χ4n) is 1.79. The van der Waals surface area contributed by atoms with Crippen molar-refractivity contribution in [2.75, 3.05) is 5.73 Å². The van der Waals surface area contributed by atoms with E-state index < -0.39 is 10.0 Å². The molecule has 0 unspecified atom stereocenters. The van der Waals surface area contributed by atoms with Crippen LogP contribution < -0.4 is 10.5 Å². The number of anilines is 1. The molecule has 8 heteroatoms. The molecular formula is C12H15ClN4O2S. The molecule has 1 aromatic heterocycles. The van der Waals surface area contributed by atoms with Gasteiger partial charge in [-0.1, -0.05) is 11.6 Å². The van der Waals surface area contributed by atoms with Crippen LogP contribution >= 0.6 is 11.6 Å². The Morgan fingerprint density at radius 1 is 1.45 bits per heavy atom. The van der Waals surface area contributed by atoms with E-state index in [1.165, 1.54) is 16.9 Å². The Balaban J connectivity index is 2.21. The molecule has 0 saturated heterocycles. The summed E-state index contributed by atoms with van der Waals surface area (Å²) in [6, 6.07) is 4.63. The molecule has 0 radical (unpaired) electrons. The second-order valence-electron chi connectivity index (χ2n) is 4.41. The highest BCUT2D eigenvalue weighted by Gasteiger charge is 2.17. The van der Waals surface area contributed by atoms with E-state index in [4.69, 9.17) is 17.3 Å². The molecule has 0 fully saturated rings. The highest BCUT2D eigenvalue weighted by molar-refractivity contribution is 7.89. The van der Waals surface area contributed by atoms with Crippen LogP contribution in [0, 0.1) is 6.92 Å². The smallest absolute Gasteiger partial charge is 0.241 e. The van der Waals surface area contributed by atoms with Crippen LogP contribution in [0.1, 0.15) is 11.1 Å². The summed E-state index contributed by atoms with van der Waals surface area (Å²) in [4.78, 5) is 0.198. The first-order valence-electron chi connectivity index (χ1n) is 5.83. The van der Waals surface area contributed by atoms with Crippen LogP contribution in [0.5, 0.6) is 0 Å². The molecule has 108 valence electrons. The monoisotopic (exact) mass is 314 g/mol. The van der Waals surface area contributed by atoms with Gasteiger partial charge in [-0.3, -0.25) is 4.68 Å². The van der Waals surface area contributed by atoms with E-state index in [9.17, 15) is 8.42 Å². The van der Waals surface area contributed by atoms with Gasteiger partial charge in [-0.2, -0.15) is 5.10 Å². The minimum absolute atomic E-state index is 0.0874. The van der Waals surface area contributed by atoms with Crippen molar-refractivity contribution in [3.05, 3.63) is 40.5 Å². The molecule has 0 aliphatic heterocycles. The predicted octanol–water partition coefficient (Wildman–Crippen LogP) is 1.44. The lowest BCUT2D eigenvalue weighted by Crippen LogP contribution is -2.24. The SMILES string of the molecule is Cc1cc(Cl)ccc1S(=O)(=O)NCc1cnn(C)c1N. The molecule has 1 aromatic carbocycles. The van der Waals surface area contributed by atoms with Gasteiger partial charge in [-0.15, -0.1) is 0 Å². The maximum Gasteiger partial charge on any atom is 0.241 e. The van der Waals surface area contributed by atoms with Crippen LogP contribution in [0.2, 0.25) is 5.02 Å². The molecule has 2 rings (SSSR count). The van der Waals surface area contributed by atoms with Crippen molar-refractivity contribution < 1.29 is 8.42 Å². The van der Waals surface area contributed by atoms with Gasteiger partial charge >= 0.3 is 0 Å². The Hall–Kier alpha value is -1.57. The van der Waals surface area contributed by atoms with E-state index in [-0.39, 0.29) is 11.4 Å². The predicted molar refractivity (Wildman–Crippen MR) is 77.8 cm³/mol. The van der Waals surface area contributed by atoms with Gasteiger partial charge in [0.15, 0.2) is 0 Å². The molecule has 2 aromatic rings. The normalized spacial score (nSPS) is 11.8. The number of nitrogens with zero attached hydrogens (tertiary/aromatic N) is 2. The van der Waals surface area contributed by atoms with Crippen molar-refractivity contribution in [2.45, 2.75) is 18.4 Å². The summed E-state index contributed by atoms with van der Waals surface area (Å²) < 4.78 is 28.5. The second-order valence-corrected chi connectivity index (χ2v) is 6.58. The molecule has 0 bridgehead atoms. The zero-order chi connectivity index (χ0) is 14.9. The first-order chi connectivity index (χ1) is 9.31. The molecule has 20 heavy (non-hydrogen) atoms. The van der Waals surface area contributed by atoms with Crippen LogP contribution in [-0.2, 0) is 23.6 Å². The van der Waals surface area contributed by atoms with Gasteiger partial charge in [0.25, 0.3) is 0 Å². The number of nitrogen functional groups attached to an aromatic ring is 1. The van der Waals surface area contributed by atoms with Gasteiger partial charge in [0.2, 0.25) is 10.0 Å². The Morgan fingerprint density at radius 2 is 2.15 bits per heavy atom. The highest BCUT2D eigenvalue weighted by atomic mass is 35.5. The van der Waals surface area contributed by atoms with Gasteiger partial charge in [0.1, 0.15) is 5.82 Å². The Morgan fingerprint density at radius 3 is 2.70 bits per heavy atom. The van der Waals surface area contributed by atoms with E-state index in [0.29, 0.717) is 22.0 Å². The zero-order valence-electron chi connectivity index (χ0n) is 11.1. The molecule has 0 amide bonds. The Kier molecular flexibility index (Phi) is 4.03. The molecular weight excluding hydrogens is 300 g/mol. The fraction of sp³-hybridized carbons (Fsp3) is 0.250. The summed E-state index contributed by atoms with van der Waals surface area (Å²) in [5.41, 5.74) is 6.98. The lowest BCUT2D eigenvalue weighted by Gasteiger charge is -2.09. The summed E-state index contributed by atoms with van der Waals surface area (Å²) >= 11 is 5.82. The zero-order valence-corrected chi connectivity index (χ0v) is 12.7. The minimum atomic E-state index is -3.61. The number of hydrogen-bond acceptors (Lipinski definition) is 4. The van der Waals surface area contributed by atoms with Crippen LogP contribution in [0.4, 0.5) is 5.82 Å². The fourth-order valence-corrected chi connectivity index (χ4v) is 3.25.